The number of amides is 2. The molecule has 0 spiro atoms. The Labute approximate surface area is 292 Å². The highest BCUT2D eigenvalue weighted by Gasteiger charge is 2.64. The van der Waals surface area contributed by atoms with Crippen molar-refractivity contribution in [2.45, 2.75) is 94.6 Å². The van der Waals surface area contributed by atoms with Gasteiger partial charge >= 0.3 is 12.2 Å². The van der Waals surface area contributed by atoms with Gasteiger partial charge in [0.05, 0.1) is 17.9 Å². The summed E-state index contributed by atoms with van der Waals surface area (Å²) in [7, 11) is 0. The third kappa shape index (κ3) is 7.08. The molecule has 258 valence electrons. The monoisotopic (exact) mass is 682 g/mol. The summed E-state index contributed by atoms with van der Waals surface area (Å²) in [5.41, 5.74) is 3.15. The van der Waals surface area contributed by atoms with E-state index in [4.69, 9.17) is 14.5 Å². The maximum atomic E-state index is 12.9. The first-order valence-corrected chi connectivity index (χ1v) is 18.1. The van der Waals surface area contributed by atoms with Crippen LogP contribution in [0.4, 0.5) is 15.4 Å². The molecule has 2 aromatic heterocycles. The predicted molar refractivity (Wildman–Crippen MR) is 194 cm³/mol. The van der Waals surface area contributed by atoms with E-state index in [1.165, 1.54) is 0 Å². The molecule has 49 heavy (non-hydrogen) atoms. The van der Waals surface area contributed by atoms with Gasteiger partial charge in [-0.25, -0.2) is 19.6 Å². The van der Waals surface area contributed by atoms with Gasteiger partial charge in [0.2, 0.25) is 0 Å². The standard InChI is InChI=1S/C38H46N6O4S/c1-36(2,3)47-34(45)43-17-7-9-29(43)22-40-31-15-14-28(21-39-31)26-11-10-25-20-27(13-12-24(25)19-26)30-23-41-32(42-30)38-16-8-18-44(33(38)49-38)35(46)48-37(4,5)6/h10-15,19-21,23,29,33H,7-9,16-18,22H2,1-6H3,(H,39,40)(H,41,42)/t29-,33?,38+/m0/s1. The molecule has 3 atom stereocenters. The van der Waals surface area contributed by atoms with Crippen molar-refractivity contribution in [3.05, 3.63) is 66.7 Å². The fraction of sp³-hybridized carbons (Fsp3) is 0.474. The molecule has 2 N–H and O–H groups in total. The van der Waals surface area contributed by atoms with Crippen molar-refractivity contribution in [3.63, 3.8) is 0 Å². The molecule has 0 bridgehead atoms. The molecule has 0 aliphatic carbocycles. The molecule has 3 saturated heterocycles. The van der Waals surface area contributed by atoms with Crippen LogP contribution in [0.25, 0.3) is 33.2 Å². The minimum absolute atomic E-state index is 0.0475. The molecule has 4 aromatic rings. The molecular formula is C38H46N6O4S. The van der Waals surface area contributed by atoms with Crippen LogP contribution in [-0.4, -0.2) is 79.2 Å². The molecule has 3 aliphatic rings. The molecule has 0 radical (unpaired) electrons. The molecule has 1 unspecified atom stereocenters. The van der Waals surface area contributed by atoms with E-state index >= 15 is 0 Å². The number of carbonyl (C=O) groups is 2. The summed E-state index contributed by atoms with van der Waals surface area (Å²) >= 11 is 1.79. The van der Waals surface area contributed by atoms with Crippen molar-refractivity contribution in [2.24, 2.45) is 0 Å². The second-order valence-electron chi connectivity index (χ2n) is 15.3. The largest absolute Gasteiger partial charge is 0.444 e. The number of thioether (sulfide) groups is 1. The Morgan fingerprint density at radius 3 is 2.20 bits per heavy atom. The zero-order valence-corrected chi connectivity index (χ0v) is 30.0. The number of nitrogens with one attached hydrogen (secondary N) is 2. The summed E-state index contributed by atoms with van der Waals surface area (Å²) in [6.45, 7) is 13.5. The first-order valence-electron chi connectivity index (χ1n) is 17.3. The Balaban J connectivity index is 0.994. The number of likely N-dealkylation sites (tertiary alicyclic amines) is 2. The number of aromatic amines is 1. The molecule has 7 rings (SSSR count). The van der Waals surface area contributed by atoms with Crippen LogP contribution in [0.5, 0.6) is 0 Å². The van der Waals surface area contributed by atoms with E-state index in [0.717, 1.165) is 77.0 Å². The van der Waals surface area contributed by atoms with Gasteiger partial charge in [-0.3, -0.25) is 4.90 Å². The van der Waals surface area contributed by atoms with Gasteiger partial charge in [-0.2, -0.15) is 0 Å². The lowest BCUT2D eigenvalue weighted by atomic mass is 9.97. The number of hydrogen-bond acceptors (Lipinski definition) is 8. The number of H-pyrrole nitrogens is 1. The van der Waals surface area contributed by atoms with E-state index in [9.17, 15) is 9.59 Å². The first-order chi connectivity index (χ1) is 23.3. The van der Waals surface area contributed by atoms with Gasteiger partial charge in [-0.15, -0.1) is 11.8 Å². The Hall–Kier alpha value is -4.25. The molecule has 10 nitrogen and oxygen atoms in total. The lowest BCUT2D eigenvalue weighted by molar-refractivity contribution is 0.0186. The molecule has 0 saturated carbocycles. The van der Waals surface area contributed by atoms with Crippen LogP contribution in [0.2, 0.25) is 0 Å². The van der Waals surface area contributed by atoms with E-state index in [-0.39, 0.29) is 28.3 Å². The van der Waals surface area contributed by atoms with E-state index < -0.39 is 11.2 Å². The van der Waals surface area contributed by atoms with Crippen LogP contribution in [0.3, 0.4) is 0 Å². The average molecular weight is 683 g/mol. The van der Waals surface area contributed by atoms with Gasteiger partial charge in [-0.05, 0) is 108 Å². The number of anilines is 1. The maximum Gasteiger partial charge on any atom is 0.411 e. The summed E-state index contributed by atoms with van der Waals surface area (Å²) in [6, 6.07) is 17.1. The Bertz CT molecular complexity index is 1860. The fourth-order valence-electron chi connectivity index (χ4n) is 6.87. The number of nitrogens with zero attached hydrogens (tertiary/aromatic N) is 4. The second kappa shape index (κ2) is 12.6. The number of aromatic nitrogens is 3. The number of benzene rings is 2. The summed E-state index contributed by atoms with van der Waals surface area (Å²) in [4.78, 5) is 42.3. The number of fused-ring (bicyclic) bond motifs is 2. The normalized spacial score (nSPS) is 22.2. The number of pyridine rings is 1. The quantitative estimate of drug-likeness (QED) is 0.195. The number of rotatable bonds is 6. The van der Waals surface area contributed by atoms with Crippen LogP contribution < -0.4 is 5.32 Å². The topological polar surface area (TPSA) is 113 Å². The molecular weight excluding hydrogens is 637 g/mol. The van der Waals surface area contributed by atoms with Crippen molar-refractivity contribution in [1.82, 2.24) is 24.8 Å². The van der Waals surface area contributed by atoms with Crippen molar-refractivity contribution in [1.29, 1.82) is 0 Å². The highest BCUT2D eigenvalue weighted by molar-refractivity contribution is 8.08. The van der Waals surface area contributed by atoms with E-state index in [1.54, 1.807) is 11.8 Å². The predicted octanol–water partition coefficient (Wildman–Crippen LogP) is 8.40. The highest BCUT2D eigenvalue weighted by atomic mass is 32.2. The summed E-state index contributed by atoms with van der Waals surface area (Å²) < 4.78 is 11.1. The molecule has 11 heteroatoms. The van der Waals surface area contributed by atoms with Crippen LogP contribution in [0.15, 0.2) is 60.9 Å². The molecule has 3 fully saturated rings. The number of piperidine rings is 1. The lowest BCUT2D eigenvalue weighted by Gasteiger charge is -2.31. The zero-order valence-electron chi connectivity index (χ0n) is 29.2. The van der Waals surface area contributed by atoms with Gasteiger partial charge in [0.25, 0.3) is 0 Å². The van der Waals surface area contributed by atoms with Crippen LogP contribution in [-0.2, 0) is 14.2 Å². The van der Waals surface area contributed by atoms with Crippen LogP contribution in [0, 0.1) is 0 Å². The smallest absolute Gasteiger partial charge is 0.411 e. The Morgan fingerprint density at radius 2 is 1.51 bits per heavy atom. The second-order valence-corrected chi connectivity index (χ2v) is 16.8. The highest BCUT2D eigenvalue weighted by Crippen LogP contribution is 2.66. The molecule has 2 aromatic carbocycles. The summed E-state index contributed by atoms with van der Waals surface area (Å²) in [5.74, 6) is 1.71. The van der Waals surface area contributed by atoms with E-state index in [0.29, 0.717) is 13.1 Å². The maximum absolute atomic E-state index is 12.9. The van der Waals surface area contributed by atoms with E-state index in [2.05, 4.69) is 57.7 Å². The average Bonchev–Trinajstić information content (AvgIpc) is 3.35. The molecule has 2 amide bonds. The fourth-order valence-corrected chi connectivity index (χ4v) is 8.35. The summed E-state index contributed by atoms with van der Waals surface area (Å²) in [5, 5.41) is 5.74. The minimum Gasteiger partial charge on any atom is -0.444 e. The van der Waals surface area contributed by atoms with Gasteiger partial charge in [0, 0.05) is 37.0 Å². The van der Waals surface area contributed by atoms with Crippen molar-refractivity contribution in [3.8, 4) is 22.4 Å². The minimum atomic E-state index is -0.519. The lowest BCUT2D eigenvalue weighted by Crippen LogP contribution is -2.44. The van der Waals surface area contributed by atoms with Crippen LogP contribution in [0.1, 0.15) is 73.1 Å². The van der Waals surface area contributed by atoms with Crippen molar-refractivity contribution >= 4 is 40.5 Å². The SMILES string of the molecule is CC(C)(C)OC(=O)N1CCC[C@]2(c3ncc(-c4ccc5cc(-c6ccc(NC[C@@H]7CCCN7C(=O)OC(C)(C)C)nc6)ccc5c4)[nH]3)SC12. The van der Waals surface area contributed by atoms with Crippen molar-refractivity contribution < 1.29 is 19.1 Å². The Morgan fingerprint density at radius 1 is 0.857 bits per heavy atom. The van der Waals surface area contributed by atoms with Gasteiger partial charge in [0.15, 0.2) is 0 Å². The number of ether oxygens (including phenoxy) is 2. The van der Waals surface area contributed by atoms with Crippen molar-refractivity contribution in [2.75, 3.05) is 25.0 Å². The zero-order chi connectivity index (χ0) is 34.6. The van der Waals surface area contributed by atoms with Gasteiger partial charge in [-0.1, -0.05) is 24.3 Å². The number of carbonyl (C=O) groups excluding carboxylic acids is 2. The van der Waals surface area contributed by atoms with Gasteiger partial charge < -0.3 is 24.7 Å². The first kappa shape index (κ1) is 33.3. The van der Waals surface area contributed by atoms with E-state index in [1.807, 2.05) is 69.8 Å². The Kier molecular flexibility index (Phi) is 8.53. The number of imidazole rings is 1. The summed E-state index contributed by atoms with van der Waals surface area (Å²) in [6.07, 6.45) is 7.12. The van der Waals surface area contributed by atoms with Gasteiger partial charge in [0.1, 0.15) is 33.0 Å². The van der Waals surface area contributed by atoms with Crippen LogP contribution >= 0.6 is 11.8 Å². The molecule has 5 heterocycles. The third-order valence-electron chi connectivity index (χ3n) is 9.27. The number of hydrogen-bond donors (Lipinski definition) is 2. The molecule has 3 aliphatic heterocycles. The third-order valence-corrected chi connectivity index (χ3v) is 10.9.